The summed E-state index contributed by atoms with van der Waals surface area (Å²) in [5.41, 5.74) is 0.500. The number of carboxylic acid groups (broad SMARTS) is 1. The van der Waals surface area contributed by atoms with Gasteiger partial charge in [-0.1, -0.05) is 19.3 Å². The van der Waals surface area contributed by atoms with E-state index >= 15 is 0 Å². The second-order valence-corrected chi connectivity index (χ2v) is 5.18. The predicted octanol–water partition coefficient (Wildman–Crippen LogP) is 2.90. The van der Waals surface area contributed by atoms with Gasteiger partial charge in [0, 0.05) is 16.8 Å². The number of carbonyl (C=O) groups excluding carboxylic acids is 1. The van der Waals surface area contributed by atoms with E-state index in [1.807, 2.05) is 0 Å². The van der Waals surface area contributed by atoms with E-state index in [0.29, 0.717) is 5.69 Å². The number of carbonyl (C=O) groups is 2. The molecule has 3 N–H and O–H groups in total. The molecule has 5 nitrogen and oxygen atoms in total. The number of hydrogen-bond acceptors (Lipinski definition) is 3. The third-order valence-electron chi connectivity index (χ3n) is 3.08. The van der Waals surface area contributed by atoms with E-state index in [0.717, 1.165) is 25.7 Å². The molecule has 0 unspecified atom stereocenters. The van der Waals surface area contributed by atoms with Crippen molar-refractivity contribution in [2.75, 3.05) is 5.32 Å². The van der Waals surface area contributed by atoms with Crippen LogP contribution in [-0.4, -0.2) is 23.1 Å². The molecule has 6 heteroatoms. The van der Waals surface area contributed by atoms with E-state index in [2.05, 4.69) is 10.6 Å². The van der Waals surface area contributed by atoms with Gasteiger partial charge in [-0.2, -0.15) is 0 Å². The van der Waals surface area contributed by atoms with Crippen LogP contribution in [0.2, 0.25) is 0 Å². The van der Waals surface area contributed by atoms with Crippen LogP contribution >= 0.6 is 11.3 Å². The first kappa shape index (κ1) is 12.9. The Morgan fingerprint density at radius 1 is 1.22 bits per heavy atom. The Bertz CT molecular complexity index is 438. The van der Waals surface area contributed by atoms with Crippen LogP contribution in [0.4, 0.5) is 10.5 Å². The smallest absolute Gasteiger partial charge is 0.338 e. The zero-order valence-electron chi connectivity index (χ0n) is 9.94. The van der Waals surface area contributed by atoms with Crippen molar-refractivity contribution in [1.82, 2.24) is 5.32 Å². The van der Waals surface area contributed by atoms with Gasteiger partial charge in [0.25, 0.3) is 0 Å². The number of nitrogens with one attached hydrogen (secondary N) is 2. The van der Waals surface area contributed by atoms with Crippen molar-refractivity contribution in [1.29, 1.82) is 0 Å². The third kappa shape index (κ3) is 3.22. The van der Waals surface area contributed by atoms with Gasteiger partial charge < -0.3 is 15.7 Å². The van der Waals surface area contributed by atoms with Gasteiger partial charge in [-0.25, -0.2) is 9.59 Å². The van der Waals surface area contributed by atoms with Crippen molar-refractivity contribution in [2.45, 2.75) is 38.1 Å². The van der Waals surface area contributed by atoms with Gasteiger partial charge in [-0.3, -0.25) is 0 Å². The molecule has 0 saturated heterocycles. The van der Waals surface area contributed by atoms with Crippen molar-refractivity contribution in [3.63, 3.8) is 0 Å². The summed E-state index contributed by atoms with van der Waals surface area (Å²) in [4.78, 5) is 22.6. The van der Waals surface area contributed by atoms with Crippen LogP contribution in [0.5, 0.6) is 0 Å². The quantitative estimate of drug-likeness (QED) is 0.788. The highest BCUT2D eigenvalue weighted by Crippen LogP contribution is 2.21. The van der Waals surface area contributed by atoms with Gasteiger partial charge in [0.05, 0.1) is 11.3 Å². The lowest BCUT2D eigenvalue weighted by Gasteiger charge is -2.22. The van der Waals surface area contributed by atoms with Gasteiger partial charge in [0.2, 0.25) is 0 Å². The Balaban J connectivity index is 1.90. The van der Waals surface area contributed by atoms with Crippen LogP contribution in [0.15, 0.2) is 10.8 Å². The molecule has 2 rings (SSSR count). The van der Waals surface area contributed by atoms with E-state index in [1.165, 1.54) is 23.1 Å². The molecule has 0 spiro atoms. The Kier molecular flexibility index (Phi) is 4.19. The maximum absolute atomic E-state index is 11.7. The van der Waals surface area contributed by atoms with Crippen LogP contribution in [0, 0.1) is 0 Å². The van der Waals surface area contributed by atoms with Crippen LogP contribution in [0.25, 0.3) is 0 Å². The molecule has 1 heterocycles. The first-order valence-electron chi connectivity index (χ1n) is 6.04. The maximum Gasteiger partial charge on any atom is 0.338 e. The lowest BCUT2D eigenvalue weighted by molar-refractivity contribution is 0.0698. The van der Waals surface area contributed by atoms with Crippen LogP contribution < -0.4 is 10.6 Å². The molecule has 0 atom stereocenters. The Morgan fingerprint density at radius 2 is 1.94 bits per heavy atom. The number of urea groups is 1. The van der Waals surface area contributed by atoms with Crippen LogP contribution in [0.1, 0.15) is 42.5 Å². The molecule has 0 radical (unpaired) electrons. The number of thiophene rings is 1. The second-order valence-electron chi connectivity index (χ2n) is 4.44. The highest BCUT2D eigenvalue weighted by atomic mass is 32.1. The summed E-state index contributed by atoms with van der Waals surface area (Å²) < 4.78 is 0. The number of aromatic carboxylic acids is 1. The summed E-state index contributed by atoms with van der Waals surface area (Å²) in [6.45, 7) is 0. The largest absolute Gasteiger partial charge is 0.478 e. The van der Waals surface area contributed by atoms with Gasteiger partial charge in [-0.05, 0) is 12.8 Å². The fourth-order valence-corrected chi connectivity index (χ4v) is 2.90. The maximum atomic E-state index is 11.7. The van der Waals surface area contributed by atoms with Crippen molar-refractivity contribution >= 4 is 29.0 Å². The molecule has 0 bridgehead atoms. The van der Waals surface area contributed by atoms with Crippen LogP contribution in [-0.2, 0) is 0 Å². The minimum atomic E-state index is -1.02. The second kappa shape index (κ2) is 5.86. The molecule has 1 aliphatic carbocycles. The third-order valence-corrected chi connectivity index (χ3v) is 3.82. The molecular weight excluding hydrogens is 252 g/mol. The van der Waals surface area contributed by atoms with Gasteiger partial charge in [-0.15, -0.1) is 11.3 Å². The van der Waals surface area contributed by atoms with E-state index in [-0.39, 0.29) is 17.6 Å². The van der Waals surface area contributed by atoms with Crippen molar-refractivity contribution in [2.24, 2.45) is 0 Å². The molecule has 98 valence electrons. The fourth-order valence-electron chi connectivity index (χ4n) is 2.15. The summed E-state index contributed by atoms with van der Waals surface area (Å²) in [6, 6.07) is -0.103. The summed E-state index contributed by atoms with van der Waals surface area (Å²) in [5, 5.41) is 17.5. The monoisotopic (exact) mass is 268 g/mol. The fraction of sp³-hybridized carbons (Fsp3) is 0.500. The summed E-state index contributed by atoms with van der Waals surface area (Å²) in [7, 11) is 0. The molecule has 1 aromatic heterocycles. The average molecular weight is 268 g/mol. The molecule has 1 aromatic rings. The van der Waals surface area contributed by atoms with E-state index < -0.39 is 5.97 Å². The highest BCUT2D eigenvalue weighted by Gasteiger charge is 2.17. The summed E-state index contributed by atoms with van der Waals surface area (Å²) in [5.74, 6) is -1.02. The Labute approximate surface area is 109 Å². The van der Waals surface area contributed by atoms with Crippen molar-refractivity contribution < 1.29 is 14.7 Å². The van der Waals surface area contributed by atoms with E-state index in [9.17, 15) is 9.59 Å². The van der Waals surface area contributed by atoms with E-state index in [1.54, 1.807) is 5.38 Å². The SMILES string of the molecule is O=C(Nc1cscc1C(=O)O)NC1CCCCC1. The molecule has 0 aromatic carbocycles. The Morgan fingerprint density at radius 3 is 2.61 bits per heavy atom. The molecule has 1 aliphatic rings. The molecule has 0 aliphatic heterocycles. The standard InChI is InChI=1S/C12H16N2O3S/c15-11(16)9-6-18-7-10(9)14-12(17)13-8-4-2-1-3-5-8/h6-8H,1-5H2,(H,15,16)(H2,13,14,17). The minimum absolute atomic E-state index is 0.138. The lowest BCUT2D eigenvalue weighted by atomic mass is 9.96. The summed E-state index contributed by atoms with van der Waals surface area (Å²) >= 11 is 1.26. The van der Waals surface area contributed by atoms with Crippen molar-refractivity contribution in [3.8, 4) is 0 Å². The topological polar surface area (TPSA) is 78.4 Å². The average Bonchev–Trinajstić information content (AvgIpc) is 2.78. The zero-order chi connectivity index (χ0) is 13.0. The molecule has 1 saturated carbocycles. The molecular formula is C12H16N2O3S. The van der Waals surface area contributed by atoms with E-state index in [4.69, 9.17) is 5.11 Å². The number of anilines is 1. The molecule has 1 fully saturated rings. The van der Waals surface area contributed by atoms with Crippen LogP contribution in [0.3, 0.4) is 0 Å². The van der Waals surface area contributed by atoms with Gasteiger partial charge >= 0.3 is 12.0 Å². The zero-order valence-corrected chi connectivity index (χ0v) is 10.8. The number of hydrogen-bond donors (Lipinski definition) is 3. The predicted molar refractivity (Wildman–Crippen MR) is 70.3 cm³/mol. The molecule has 18 heavy (non-hydrogen) atoms. The van der Waals surface area contributed by atoms with Gasteiger partial charge in [0.15, 0.2) is 0 Å². The lowest BCUT2D eigenvalue weighted by Crippen LogP contribution is -2.39. The summed E-state index contributed by atoms with van der Waals surface area (Å²) in [6.07, 6.45) is 5.52. The first-order chi connectivity index (χ1) is 8.66. The highest BCUT2D eigenvalue weighted by molar-refractivity contribution is 7.08. The number of amides is 2. The Hall–Kier alpha value is -1.56. The minimum Gasteiger partial charge on any atom is -0.478 e. The van der Waals surface area contributed by atoms with Crippen molar-refractivity contribution in [3.05, 3.63) is 16.3 Å². The molecule has 2 amide bonds. The number of rotatable bonds is 3. The van der Waals surface area contributed by atoms with Gasteiger partial charge in [0.1, 0.15) is 0 Å². The normalized spacial score (nSPS) is 16.2. The first-order valence-corrected chi connectivity index (χ1v) is 6.98. The number of carboxylic acids is 1.